The van der Waals surface area contributed by atoms with Crippen LogP contribution in [0.1, 0.15) is 10.5 Å². The SMILES string of the molecule is COc1ccc(-c2ccc3cc(C(=O)O)[nH]c3c2)cc1. The number of hydrogen-bond donors (Lipinski definition) is 2. The Balaban J connectivity index is 2.04. The summed E-state index contributed by atoms with van der Waals surface area (Å²) < 4.78 is 5.13. The summed E-state index contributed by atoms with van der Waals surface area (Å²) in [4.78, 5) is 13.9. The monoisotopic (exact) mass is 267 g/mol. The fraction of sp³-hybridized carbons (Fsp3) is 0.0625. The lowest BCUT2D eigenvalue weighted by atomic mass is 10.0. The number of ether oxygens (including phenoxy) is 1. The molecule has 0 bridgehead atoms. The summed E-state index contributed by atoms with van der Waals surface area (Å²) in [5.74, 6) is -0.143. The second-order valence-electron chi connectivity index (χ2n) is 4.52. The van der Waals surface area contributed by atoms with Gasteiger partial charge in [0.15, 0.2) is 0 Å². The van der Waals surface area contributed by atoms with Gasteiger partial charge in [-0.3, -0.25) is 0 Å². The maximum absolute atomic E-state index is 11.0. The van der Waals surface area contributed by atoms with Crippen molar-refractivity contribution in [1.82, 2.24) is 4.98 Å². The van der Waals surface area contributed by atoms with E-state index in [0.29, 0.717) is 0 Å². The lowest BCUT2D eigenvalue weighted by Gasteiger charge is -2.04. The zero-order valence-electron chi connectivity index (χ0n) is 10.9. The summed E-state index contributed by atoms with van der Waals surface area (Å²) in [5, 5.41) is 9.87. The topological polar surface area (TPSA) is 62.3 Å². The normalized spacial score (nSPS) is 10.7. The summed E-state index contributed by atoms with van der Waals surface area (Å²) in [6, 6.07) is 15.2. The van der Waals surface area contributed by atoms with Crippen LogP contribution in [-0.2, 0) is 0 Å². The number of carboxylic acids is 1. The van der Waals surface area contributed by atoms with E-state index in [9.17, 15) is 4.79 Å². The molecule has 1 aromatic heterocycles. The van der Waals surface area contributed by atoms with Gasteiger partial charge >= 0.3 is 5.97 Å². The summed E-state index contributed by atoms with van der Waals surface area (Å²) in [7, 11) is 1.63. The lowest BCUT2D eigenvalue weighted by Crippen LogP contribution is -1.94. The number of hydrogen-bond acceptors (Lipinski definition) is 2. The van der Waals surface area contributed by atoms with Crippen LogP contribution < -0.4 is 4.74 Å². The van der Waals surface area contributed by atoms with E-state index < -0.39 is 5.97 Å². The molecule has 0 atom stereocenters. The smallest absolute Gasteiger partial charge is 0.352 e. The van der Waals surface area contributed by atoms with Gasteiger partial charge in [0.05, 0.1) is 7.11 Å². The first-order valence-electron chi connectivity index (χ1n) is 6.18. The third-order valence-corrected chi connectivity index (χ3v) is 3.28. The van der Waals surface area contributed by atoms with Crippen molar-refractivity contribution in [3.63, 3.8) is 0 Å². The van der Waals surface area contributed by atoms with Gasteiger partial charge in [-0.15, -0.1) is 0 Å². The Bertz CT molecular complexity index is 772. The van der Waals surface area contributed by atoms with Crippen LogP contribution in [-0.4, -0.2) is 23.2 Å². The van der Waals surface area contributed by atoms with Gasteiger partial charge in [-0.25, -0.2) is 4.79 Å². The van der Waals surface area contributed by atoms with Crippen LogP contribution in [0, 0.1) is 0 Å². The van der Waals surface area contributed by atoms with E-state index in [1.165, 1.54) is 0 Å². The second-order valence-corrected chi connectivity index (χ2v) is 4.52. The molecule has 3 rings (SSSR count). The maximum atomic E-state index is 11.0. The fourth-order valence-electron chi connectivity index (χ4n) is 2.21. The minimum Gasteiger partial charge on any atom is -0.497 e. The van der Waals surface area contributed by atoms with Crippen LogP contribution in [0.25, 0.3) is 22.0 Å². The van der Waals surface area contributed by atoms with Crippen LogP contribution in [0.2, 0.25) is 0 Å². The van der Waals surface area contributed by atoms with Crippen LogP contribution >= 0.6 is 0 Å². The van der Waals surface area contributed by atoms with Crippen molar-refractivity contribution in [3.05, 3.63) is 54.2 Å². The predicted molar refractivity (Wildman–Crippen MR) is 77.2 cm³/mol. The van der Waals surface area contributed by atoms with Crippen molar-refractivity contribution in [2.24, 2.45) is 0 Å². The van der Waals surface area contributed by atoms with Gasteiger partial charge in [0.25, 0.3) is 0 Å². The fourth-order valence-corrected chi connectivity index (χ4v) is 2.21. The molecular weight excluding hydrogens is 254 g/mol. The van der Waals surface area contributed by atoms with Crippen LogP contribution in [0.4, 0.5) is 0 Å². The Kier molecular flexibility index (Phi) is 2.91. The Morgan fingerprint density at radius 1 is 1.05 bits per heavy atom. The molecule has 20 heavy (non-hydrogen) atoms. The minimum atomic E-state index is -0.952. The highest BCUT2D eigenvalue weighted by atomic mass is 16.5. The maximum Gasteiger partial charge on any atom is 0.352 e. The van der Waals surface area contributed by atoms with E-state index in [2.05, 4.69) is 4.98 Å². The number of carboxylic acid groups (broad SMARTS) is 1. The van der Waals surface area contributed by atoms with Crippen molar-refractivity contribution >= 4 is 16.9 Å². The number of benzene rings is 2. The van der Waals surface area contributed by atoms with E-state index >= 15 is 0 Å². The van der Waals surface area contributed by atoms with Gasteiger partial charge in [0, 0.05) is 10.9 Å². The molecule has 0 aliphatic carbocycles. The number of aromatic nitrogens is 1. The number of nitrogens with one attached hydrogen (secondary N) is 1. The van der Waals surface area contributed by atoms with Gasteiger partial charge < -0.3 is 14.8 Å². The minimum absolute atomic E-state index is 0.201. The number of methoxy groups -OCH3 is 1. The molecule has 2 N–H and O–H groups in total. The molecule has 4 nitrogen and oxygen atoms in total. The lowest BCUT2D eigenvalue weighted by molar-refractivity contribution is 0.0691. The molecular formula is C16H13NO3. The first-order valence-corrected chi connectivity index (χ1v) is 6.18. The Hall–Kier alpha value is -2.75. The molecule has 0 fully saturated rings. The van der Waals surface area contributed by atoms with Crippen LogP contribution in [0.15, 0.2) is 48.5 Å². The standard InChI is InChI=1S/C16H13NO3/c1-20-13-6-4-10(5-7-13)11-2-3-12-9-15(16(18)19)17-14(12)8-11/h2-9,17H,1H3,(H,18,19). The molecule has 4 heteroatoms. The molecule has 1 heterocycles. The third-order valence-electron chi connectivity index (χ3n) is 3.28. The van der Waals surface area contributed by atoms with Crippen LogP contribution in [0.3, 0.4) is 0 Å². The number of aromatic amines is 1. The largest absolute Gasteiger partial charge is 0.497 e. The first-order chi connectivity index (χ1) is 9.67. The van der Waals surface area contributed by atoms with E-state index in [0.717, 1.165) is 27.8 Å². The summed E-state index contributed by atoms with van der Waals surface area (Å²) in [5.41, 5.74) is 3.10. The van der Waals surface area contributed by atoms with Crippen molar-refractivity contribution in [3.8, 4) is 16.9 Å². The number of fused-ring (bicyclic) bond motifs is 1. The van der Waals surface area contributed by atoms with Crippen molar-refractivity contribution in [2.45, 2.75) is 0 Å². The Labute approximate surface area is 115 Å². The van der Waals surface area contributed by atoms with E-state index in [1.54, 1.807) is 13.2 Å². The van der Waals surface area contributed by atoms with Gasteiger partial charge in [-0.2, -0.15) is 0 Å². The van der Waals surface area contributed by atoms with Gasteiger partial charge in [-0.05, 0) is 35.4 Å². The summed E-state index contributed by atoms with van der Waals surface area (Å²) in [6.07, 6.45) is 0. The highest BCUT2D eigenvalue weighted by Crippen LogP contribution is 2.26. The average molecular weight is 267 g/mol. The third kappa shape index (κ3) is 2.12. The molecule has 0 aliphatic rings. The highest BCUT2D eigenvalue weighted by Gasteiger charge is 2.08. The molecule has 3 aromatic rings. The zero-order chi connectivity index (χ0) is 14.1. The van der Waals surface area contributed by atoms with Gasteiger partial charge in [-0.1, -0.05) is 24.3 Å². The second kappa shape index (κ2) is 4.74. The Morgan fingerprint density at radius 2 is 1.75 bits per heavy atom. The van der Waals surface area contributed by atoms with Crippen LogP contribution in [0.5, 0.6) is 5.75 Å². The molecule has 0 radical (unpaired) electrons. The Morgan fingerprint density at radius 3 is 2.40 bits per heavy atom. The van der Waals surface area contributed by atoms with E-state index in [4.69, 9.17) is 9.84 Å². The molecule has 0 saturated heterocycles. The molecule has 0 unspecified atom stereocenters. The molecule has 0 amide bonds. The predicted octanol–water partition coefficient (Wildman–Crippen LogP) is 3.54. The zero-order valence-corrected chi connectivity index (χ0v) is 10.9. The number of H-pyrrole nitrogens is 1. The van der Waals surface area contributed by atoms with Crippen molar-refractivity contribution in [1.29, 1.82) is 0 Å². The molecule has 0 aliphatic heterocycles. The highest BCUT2D eigenvalue weighted by molar-refractivity contribution is 5.95. The number of aromatic carboxylic acids is 1. The summed E-state index contributed by atoms with van der Waals surface area (Å²) >= 11 is 0. The van der Waals surface area contributed by atoms with Crippen molar-refractivity contribution in [2.75, 3.05) is 7.11 Å². The van der Waals surface area contributed by atoms with E-state index in [-0.39, 0.29) is 5.69 Å². The molecule has 0 spiro atoms. The van der Waals surface area contributed by atoms with Gasteiger partial charge in [0.1, 0.15) is 11.4 Å². The van der Waals surface area contributed by atoms with E-state index in [1.807, 2.05) is 42.5 Å². The molecule has 100 valence electrons. The van der Waals surface area contributed by atoms with Gasteiger partial charge in [0.2, 0.25) is 0 Å². The number of rotatable bonds is 3. The number of carbonyl (C=O) groups is 1. The first kappa shape index (κ1) is 12.3. The quantitative estimate of drug-likeness (QED) is 0.763. The average Bonchev–Trinajstić information content (AvgIpc) is 2.90. The molecule has 0 saturated carbocycles. The summed E-state index contributed by atoms with van der Waals surface area (Å²) in [6.45, 7) is 0. The van der Waals surface area contributed by atoms with Crippen molar-refractivity contribution < 1.29 is 14.6 Å². The molecule has 2 aromatic carbocycles.